The third kappa shape index (κ3) is 4.27. The molecule has 4 fully saturated rings. The predicted octanol–water partition coefficient (Wildman–Crippen LogP) is 1.60. The van der Waals surface area contributed by atoms with Gasteiger partial charge in [0, 0.05) is 43.2 Å². The van der Waals surface area contributed by atoms with Crippen molar-refractivity contribution < 1.29 is 17.7 Å². The molecule has 1 amide bonds. The Labute approximate surface area is 184 Å². The van der Waals surface area contributed by atoms with Gasteiger partial charge in [0.2, 0.25) is 0 Å². The maximum Gasteiger partial charge on any atom is 0.282 e. The van der Waals surface area contributed by atoms with Gasteiger partial charge in [-0.15, -0.1) is 0 Å². The number of nitrogens with one attached hydrogen (secondary N) is 2. The van der Waals surface area contributed by atoms with Gasteiger partial charge in [0.05, 0.1) is 0 Å². The first kappa shape index (κ1) is 21.4. The van der Waals surface area contributed by atoms with Crippen LogP contribution in [0.3, 0.4) is 0 Å². The normalized spacial score (nSPS) is 30.5. The Morgan fingerprint density at radius 2 is 1.84 bits per heavy atom. The standard InChI is InChI=1S/C21H33N5O4S/c1-25(16-7-9-22-10-8-16)31(28,29)26-17-3-2-4-18(26)12-15(11-17)23-21(27)19-13-20(30-24-19)14-5-6-14/h13-18,22H,2-12H2,1H3,(H,23,27)/t17-,18-/m1/s1. The van der Waals surface area contributed by atoms with Gasteiger partial charge >= 0.3 is 0 Å². The monoisotopic (exact) mass is 451 g/mol. The van der Waals surface area contributed by atoms with Gasteiger partial charge in [-0.25, -0.2) is 0 Å². The van der Waals surface area contributed by atoms with Gasteiger partial charge < -0.3 is 15.2 Å². The summed E-state index contributed by atoms with van der Waals surface area (Å²) in [6.07, 6.45) is 7.90. The van der Waals surface area contributed by atoms with Crippen molar-refractivity contribution in [1.82, 2.24) is 24.4 Å². The lowest BCUT2D eigenvalue weighted by Gasteiger charge is -2.49. The molecule has 1 saturated carbocycles. The van der Waals surface area contributed by atoms with E-state index in [1.807, 2.05) is 0 Å². The maximum atomic E-state index is 13.5. The van der Waals surface area contributed by atoms with Crippen LogP contribution >= 0.6 is 0 Å². The molecule has 2 atom stereocenters. The van der Waals surface area contributed by atoms with Crippen LogP contribution in [0.2, 0.25) is 0 Å². The first-order valence-corrected chi connectivity index (χ1v) is 13.1. The molecule has 3 saturated heterocycles. The molecule has 0 spiro atoms. The first-order valence-electron chi connectivity index (χ1n) is 11.7. The van der Waals surface area contributed by atoms with Crippen LogP contribution in [0.5, 0.6) is 0 Å². The van der Waals surface area contributed by atoms with E-state index in [1.54, 1.807) is 21.7 Å². The summed E-state index contributed by atoms with van der Waals surface area (Å²) in [4.78, 5) is 12.7. The average Bonchev–Trinajstić information content (AvgIpc) is 3.49. The Bertz CT molecular complexity index is 895. The summed E-state index contributed by atoms with van der Waals surface area (Å²) < 4.78 is 35.8. The van der Waals surface area contributed by atoms with Crippen LogP contribution < -0.4 is 10.6 Å². The van der Waals surface area contributed by atoms with Gasteiger partial charge in [-0.05, 0) is 64.5 Å². The van der Waals surface area contributed by atoms with Crippen molar-refractivity contribution in [3.8, 4) is 0 Å². The molecule has 4 aliphatic rings. The minimum Gasteiger partial charge on any atom is -0.360 e. The number of rotatable bonds is 6. The second kappa shape index (κ2) is 8.46. The molecule has 0 radical (unpaired) electrons. The minimum absolute atomic E-state index is 0.0421. The van der Waals surface area contributed by atoms with Gasteiger partial charge in [0.25, 0.3) is 16.1 Å². The Hall–Kier alpha value is -1.49. The predicted molar refractivity (Wildman–Crippen MR) is 115 cm³/mol. The van der Waals surface area contributed by atoms with Crippen LogP contribution in [-0.4, -0.2) is 72.4 Å². The Kier molecular flexibility index (Phi) is 5.83. The molecule has 2 bridgehead atoms. The topological polar surface area (TPSA) is 108 Å². The smallest absolute Gasteiger partial charge is 0.282 e. The van der Waals surface area contributed by atoms with Crippen molar-refractivity contribution in [3.05, 3.63) is 17.5 Å². The molecule has 10 heteroatoms. The molecule has 3 aliphatic heterocycles. The fourth-order valence-electron chi connectivity index (χ4n) is 5.56. The summed E-state index contributed by atoms with van der Waals surface area (Å²) in [6.45, 7) is 1.71. The Morgan fingerprint density at radius 1 is 1.16 bits per heavy atom. The highest BCUT2D eigenvalue weighted by Gasteiger charge is 2.47. The van der Waals surface area contributed by atoms with E-state index in [9.17, 15) is 13.2 Å². The number of fused-ring (bicyclic) bond motifs is 2. The van der Waals surface area contributed by atoms with Gasteiger partial charge in [0.15, 0.2) is 5.69 Å². The van der Waals surface area contributed by atoms with Gasteiger partial charge in [-0.1, -0.05) is 11.6 Å². The fraction of sp³-hybridized carbons (Fsp3) is 0.810. The van der Waals surface area contributed by atoms with Crippen LogP contribution in [0.1, 0.15) is 80.0 Å². The summed E-state index contributed by atoms with van der Waals surface area (Å²) >= 11 is 0. The minimum atomic E-state index is -3.53. The molecule has 0 aromatic carbocycles. The lowest BCUT2D eigenvalue weighted by molar-refractivity contribution is 0.0756. The van der Waals surface area contributed by atoms with Crippen molar-refractivity contribution in [2.75, 3.05) is 20.1 Å². The number of carbonyl (C=O) groups is 1. The third-order valence-corrected chi connectivity index (χ3v) is 9.59. The van der Waals surface area contributed by atoms with Crippen molar-refractivity contribution in [3.63, 3.8) is 0 Å². The highest BCUT2D eigenvalue weighted by atomic mass is 32.2. The Morgan fingerprint density at radius 3 is 2.48 bits per heavy atom. The number of piperidine rings is 3. The van der Waals surface area contributed by atoms with E-state index >= 15 is 0 Å². The summed E-state index contributed by atoms with van der Waals surface area (Å²) in [5.41, 5.74) is 0.327. The van der Waals surface area contributed by atoms with E-state index in [4.69, 9.17) is 4.52 Å². The largest absolute Gasteiger partial charge is 0.360 e. The number of carbonyl (C=O) groups excluding carboxylic acids is 1. The number of nitrogens with zero attached hydrogens (tertiary/aromatic N) is 3. The van der Waals surface area contributed by atoms with Crippen LogP contribution in [0.4, 0.5) is 0 Å². The zero-order valence-electron chi connectivity index (χ0n) is 18.1. The molecule has 1 aliphatic carbocycles. The summed E-state index contributed by atoms with van der Waals surface area (Å²) in [5, 5.41) is 10.3. The zero-order chi connectivity index (χ0) is 21.6. The molecular weight excluding hydrogens is 418 g/mol. The van der Waals surface area contributed by atoms with Gasteiger partial charge in [-0.3, -0.25) is 4.79 Å². The van der Waals surface area contributed by atoms with Crippen LogP contribution in [0.15, 0.2) is 10.6 Å². The van der Waals surface area contributed by atoms with E-state index in [0.29, 0.717) is 24.5 Å². The maximum absolute atomic E-state index is 13.5. The van der Waals surface area contributed by atoms with Gasteiger partial charge in [0.1, 0.15) is 5.76 Å². The molecule has 4 heterocycles. The lowest BCUT2D eigenvalue weighted by Crippen LogP contribution is -2.62. The Balaban J connectivity index is 1.26. The summed E-state index contributed by atoms with van der Waals surface area (Å²) in [6, 6.07) is 1.64. The molecule has 172 valence electrons. The highest BCUT2D eigenvalue weighted by Crippen LogP contribution is 2.40. The second-order valence-electron chi connectivity index (χ2n) is 9.60. The van der Waals surface area contributed by atoms with E-state index in [2.05, 4.69) is 15.8 Å². The van der Waals surface area contributed by atoms with E-state index in [-0.39, 0.29) is 30.1 Å². The molecule has 5 rings (SSSR count). The molecular formula is C21H33N5O4S. The number of hydrogen-bond acceptors (Lipinski definition) is 6. The molecule has 2 N–H and O–H groups in total. The molecule has 1 aromatic rings. The lowest BCUT2D eigenvalue weighted by atomic mass is 9.84. The fourth-order valence-corrected chi connectivity index (χ4v) is 7.58. The van der Waals surface area contributed by atoms with Crippen LogP contribution in [-0.2, 0) is 10.2 Å². The zero-order valence-corrected chi connectivity index (χ0v) is 18.9. The highest BCUT2D eigenvalue weighted by molar-refractivity contribution is 7.86. The molecule has 1 aromatic heterocycles. The first-order chi connectivity index (χ1) is 14.9. The van der Waals surface area contributed by atoms with Crippen molar-refractivity contribution >= 4 is 16.1 Å². The van der Waals surface area contributed by atoms with Crippen molar-refractivity contribution in [1.29, 1.82) is 0 Å². The average molecular weight is 452 g/mol. The quantitative estimate of drug-likeness (QED) is 0.680. The van der Waals surface area contributed by atoms with E-state index in [1.165, 1.54) is 0 Å². The molecule has 31 heavy (non-hydrogen) atoms. The van der Waals surface area contributed by atoms with Crippen molar-refractivity contribution in [2.45, 2.75) is 87.9 Å². The molecule has 0 unspecified atom stereocenters. The number of aromatic nitrogens is 1. The summed E-state index contributed by atoms with van der Waals surface area (Å²) in [5.74, 6) is 0.990. The number of hydrogen-bond donors (Lipinski definition) is 2. The van der Waals surface area contributed by atoms with E-state index in [0.717, 1.165) is 63.8 Å². The van der Waals surface area contributed by atoms with Crippen LogP contribution in [0, 0.1) is 0 Å². The molecule has 9 nitrogen and oxygen atoms in total. The number of amides is 1. The van der Waals surface area contributed by atoms with Crippen molar-refractivity contribution in [2.24, 2.45) is 0 Å². The third-order valence-electron chi connectivity index (χ3n) is 7.44. The summed E-state index contributed by atoms with van der Waals surface area (Å²) in [7, 11) is -1.79. The second-order valence-corrected chi connectivity index (χ2v) is 11.5. The van der Waals surface area contributed by atoms with Gasteiger partial charge in [-0.2, -0.15) is 17.0 Å². The van der Waals surface area contributed by atoms with Crippen LogP contribution in [0.25, 0.3) is 0 Å². The SMILES string of the molecule is CN(C1CCNCC1)S(=O)(=O)N1[C@@H]2CCC[C@@H]1CC(NC(=O)c1cc(C3CC3)on1)C2. The van der Waals surface area contributed by atoms with E-state index < -0.39 is 10.2 Å².